The first kappa shape index (κ1) is 19.0. The molecule has 0 spiro atoms. The van der Waals surface area contributed by atoms with Crippen LogP contribution >= 0.6 is 0 Å². The van der Waals surface area contributed by atoms with Crippen molar-refractivity contribution >= 4 is 17.8 Å². The van der Waals surface area contributed by atoms with Crippen molar-refractivity contribution in [1.82, 2.24) is 5.43 Å². The Labute approximate surface area is 156 Å². The Morgan fingerprint density at radius 2 is 2.07 bits per heavy atom. The summed E-state index contributed by atoms with van der Waals surface area (Å²) in [5.74, 6) is -0.0816. The van der Waals surface area contributed by atoms with Crippen molar-refractivity contribution in [3.05, 3.63) is 58.1 Å². The molecule has 0 bridgehead atoms. The van der Waals surface area contributed by atoms with Crippen molar-refractivity contribution in [2.75, 3.05) is 6.61 Å². The minimum Gasteiger partial charge on any atom is -0.485 e. The number of ether oxygens (including phenoxy) is 3. The van der Waals surface area contributed by atoms with Crippen molar-refractivity contribution in [2.45, 2.75) is 12.7 Å². The zero-order valence-electron chi connectivity index (χ0n) is 14.1. The summed E-state index contributed by atoms with van der Waals surface area (Å²) in [5.41, 5.74) is 1.71. The smallest absolute Gasteiger partial charge is 0.387 e. The van der Waals surface area contributed by atoms with E-state index in [4.69, 9.17) is 9.47 Å². The molecule has 0 unspecified atom stereocenters. The van der Waals surface area contributed by atoms with Crippen LogP contribution < -0.4 is 19.6 Å². The molecule has 9 nitrogen and oxygen atoms in total. The average molecular weight is 393 g/mol. The molecule has 0 radical (unpaired) electrons. The Morgan fingerprint density at radius 3 is 2.79 bits per heavy atom. The molecular weight excluding hydrogens is 380 g/mol. The van der Waals surface area contributed by atoms with Crippen molar-refractivity contribution < 1.29 is 32.7 Å². The van der Waals surface area contributed by atoms with Crippen LogP contribution in [0.25, 0.3) is 0 Å². The van der Waals surface area contributed by atoms with Crippen molar-refractivity contribution in [3.63, 3.8) is 0 Å². The van der Waals surface area contributed by atoms with Crippen molar-refractivity contribution in [1.29, 1.82) is 0 Å². The van der Waals surface area contributed by atoms with Gasteiger partial charge in [-0.1, -0.05) is 12.1 Å². The zero-order valence-corrected chi connectivity index (χ0v) is 14.1. The van der Waals surface area contributed by atoms with Crippen molar-refractivity contribution in [2.24, 2.45) is 5.10 Å². The van der Waals surface area contributed by atoms with E-state index in [9.17, 15) is 23.7 Å². The number of hydrazone groups is 1. The number of nitrogens with one attached hydrogen (secondary N) is 1. The van der Waals surface area contributed by atoms with E-state index >= 15 is 0 Å². The molecule has 1 N–H and O–H groups in total. The van der Waals surface area contributed by atoms with E-state index in [-0.39, 0.29) is 23.6 Å². The number of nitrogens with zero attached hydrogens (tertiary/aromatic N) is 2. The summed E-state index contributed by atoms with van der Waals surface area (Å²) in [6, 6.07) is 9.81. The number of alkyl halides is 2. The molecule has 0 aliphatic carbocycles. The van der Waals surface area contributed by atoms with E-state index in [1.807, 2.05) is 0 Å². The second-order valence-corrected chi connectivity index (χ2v) is 5.46. The first-order chi connectivity index (χ1) is 13.4. The molecule has 1 atom stereocenters. The van der Waals surface area contributed by atoms with Gasteiger partial charge in [-0.25, -0.2) is 5.43 Å². The molecule has 2 aromatic carbocycles. The summed E-state index contributed by atoms with van der Waals surface area (Å²) in [5, 5.41) is 14.5. The minimum absolute atomic E-state index is 0.0467. The molecule has 1 aliphatic rings. The number of nitro benzene ring substituents is 1. The second kappa shape index (κ2) is 8.29. The SMILES string of the molecule is O=C(N/N=C\c1cc([N+](=O)[O-])ccc1OC(F)F)[C@@H]1COc2ccccc2O1. The Balaban J connectivity index is 1.69. The fourth-order valence-electron chi connectivity index (χ4n) is 2.34. The molecular formula is C17H13F2N3O6. The van der Waals surface area contributed by atoms with Gasteiger partial charge < -0.3 is 14.2 Å². The number of para-hydroxylation sites is 2. The number of halogens is 2. The van der Waals surface area contributed by atoms with Crippen LogP contribution in [0.4, 0.5) is 14.5 Å². The topological polar surface area (TPSA) is 112 Å². The largest absolute Gasteiger partial charge is 0.485 e. The minimum atomic E-state index is -3.13. The molecule has 0 saturated heterocycles. The molecule has 28 heavy (non-hydrogen) atoms. The standard InChI is InChI=1S/C17H13F2N3O6/c18-17(19)28-12-6-5-11(22(24)25)7-10(12)8-20-21-16(23)15-9-26-13-3-1-2-4-14(13)27-15/h1-8,15,17H,9H2,(H,21,23)/b20-8-/t15-/m0/s1. The van der Waals surface area contributed by atoms with Crippen molar-refractivity contribution in [3.8, 4) is 17.2 Å². The van der Waals surface area contributed by atoms with Gasteiger partial charge in [0.15, 0.2) is 11.5 Å². The maximum absolute atomic E-state index is 12.5. The summed E-state index contributed by atoms with van der Waals surface area (Å²) >= 11 is 0. The van der Waals surface area contributed by atoms with Gasteiger partial charge in [0, 0.05) is 17.7 Å². The van der Waals surface area contributed by atoms with Gasteiger partial charge in [0.2, 0.25) is 6.10 Å². The highest BCUT2D eigenvalue weighted by molar-refractivity contribution is 5.87. The van der Waals surface area contributed by atoms with Gasteiger partial charge in [-0.2, -0.15) is 13.9 Å². The van der Waals surface area contributed by atoms with E-state index in [0.717, 1.165) is 24.4 Å². The summed E-state index contributed by atoms with van der Waals surface area (Å²) in [6.45, 7) is -3.18. The van der Waals surface area contributed by atoms with Gasteiger partial charge in [-0.3, -0.25) is 14.9 Å². The quantitative estimate of drug-likeness (QED) is 0.458. The Morgan fingerprint density at radius 1 is 1.32 bits per heavy atom. The zero-order chi connectivity index (χ0) is 20.1. The summed E-state index contributed by atoms with van der Waals surface area (Å²) < 4.78 is 40.1. The van der Waals surface area contributed by atoms with Gasteiger partial charge in [-0.05, 0) is 18.2 Å². The van der Waals surface area contributed by atoms with Crippen LogP contribution in [0.3, 0.4) is 0 Å². The second-order valence-electron chi connectivity index (χ2n) is 5.46. The van der Waals surface area contributed by atoms with E-state index in [1.54, 1.807) is 24.3 Å². The highest BCUT2D eigenvalue weighted by Crippen LogP contribution is 2.30. The van der Waals surface area contributed by atoms with Crippen LogP contribution in [0.15, 0.2) is 47.6 Å². The van der Waals surface area contributed by atoms with Crippen LogP contribution in [-0.2, 0) is 4.79 Å². The van der Waals surface area contributed by atoms with Gasteiger partial charge in [0.05, 0.1) is 11.1 Å². The number of hydrogen-bond acceptors (Lipinski definition) is 7. The van der Waals surface area contributed by atoms with E-state index in [2.05, 4.69) is 15.3 Å². The number of amides is 1. The number of fused-ring (bicyclic) bond motifs is 1. The van der Waals surface area contributed by atoms with E-state index in [0.29, 0.717) is 11.5 Å². The van der Waals surface area contributed by atoms with Gasteiger partial charge in [0.1, 0.15) is 12.4 Å². The van der Waals surface area contributed by atoms with Crippen LogP contribution in [0.2, 0.25) is 0 Å². The van der Waals surface area contributed by atoms with Gasteiger partial charge in [0.25, 0.3) is 11.6 Å². The molecule has 1 aliphatic heterocycles. The number of rotatable bonds is 6. The molecule has 1 heterocycles. The van der Waals surface area contributed by atoms with Gasteiger partial charge >= 0.3 is 6.61 Å². The third kappa shape index (κ3) is 4.50. The number of carbonyl (C=O) groups excluding carboxylic acids is 1. The predicted octanol–water partition coefficient (Wildman–Crippen LogP) is 2.49. The third-order valence-corrected chi connectivity index (χ3v) is 3.60. The molecule has 0 fully saturated rings. The van der Waals surface area contributed by atoms with Crippen LogP contribution in [-0.4, -0.2) is 36.4 Å². The lowest BCUT2D eigenvalue weighted by Gasteiger charge is -2.24. The fourth-order valence-corrected chi connectivity index (χ4v) is 2.34. The molecule has 1 amide bonds. The van der Waals surface area contributed by atoms with Crippen LogP contribution in [0.5, 0.6) is 17.2 Å². The number of carbonyl (C=O) groups is 1. The number of nitro groups is 1. The molecule has 146 valence electrons. The highest BCUT2D eigenvalue weighted by atomic mass is 19.3. The molecule has 0 aromatic heterocycles. The summed E-state index contributed by atoms with van der Waals surface area (Å²) in [4.78, 5) is 22.3. The molecule has 0 saturated carbocycles. The number of non-ortho nitro benzene ring substituents is 1. The van der Waals surface area contributed by atoms with E-state index in [1.165, 1.54) is 0 Å². The highest BCUT2D eigenvalue weighted by Gasteiger charge is 2.27. The summed E-state index contributed by atoms with van der Waals surface area (Å²) in [7, 11) is 0. The maximum Gasteiger partial charge on any atom is 0.387 e. The summed E-state index contributed by atoms with van der Waals surface area (Å²) in [6.07, 6.45) is -0.0193. The molecule has 2 aromatic rings. The monoisotopic (exact) mass is 393 g/mol. The van der Waals surface area contributed by atoms with Crippen LogP contribution in [0.1, 0.15) is 5.56 Å². The van der Waals surface area contributed by atoms with Gasteiger partial charge in [-0.15, -0.1) is 0 Å². The Bertz CT molecular complexity index is 922. The lowest BCUT2D eigenvalue weighted by atomic mass is 10.2. The first-order valence-corrected chi connectivity index (χ1v) is 7.88. The lowest BCUT2D eigenvalue weighted by Crippen LogP contribution is -2.42. The first-order valence-electron chi connectivity index (χ1n) is 7.88. The fraction of sp³-hybridized carbons (Fsp3) is 0.176. The number of benzene rings is 2. The van der Waals surface area contributed by atoms with Crippen LogP contribution in [0, 0.1) is 10.1 Å². The Hall–Kier alpha value is -3.76. The third-order valence-electron chi connectivity index (χ3n) is 3.60. The maximum atomic E-state index is 12.5. The predicted molar refractivity (Wildman–Crippen MR) is 91.8 cm³/mol. The average Bonchev–Trinajstić information content (AvgIpc) is 2.68. The number of hydrogen-bond donors (Lipinski definition) is 1. The Kier molecular flexibility index (Phi) is 5.63. The normalized spacial score (nSPS) is 15.5. The molecule has 11 heteroatoms. The molecule has 3 rings (SSSR count). The van der Waals surface area contributed by atoms with E-state index < -0.39 is 23.5 Å². The lowest BCUT2D eigenvalue weighted by molar-refractivity contribution is -0.384.